The number of hydrogen-bond acceptors (Lipinski definition) is 2. The van der Waals surface area contributed by atoms with Crippen LogP contribution >= 0.6 is 23.8 Å². The molecule has 0 fully saturated rings. The molecule has 0 aliphatic rings. The lowest BCUT2D eigenvalue weighted by atomic mass is 10.2. The Kier molecular flexibility index (Phi) is 3.51. The summed E-state index contributed by atoms with van der Waals surface area (Å²) in [5, 5.41) is 3.80. The molecule has 0 amide bonds. The second kappa shape index (κ2) is 4.82. The molecule has 0 atom stereocenters. The monoisotopic (exact) mass is 305 g/mol. The molecular formula is C11H7ClF3N3S. The first-order valence-electron chi connectivity index (χ1n) is 5.01. The Hall–Kier alpha value is -1.60. The molecule has 0 radical (unpaired) electrons. The Morgan fingerprint density at radius 3 is 2.53 bits per heavy atom. The van der Waals surface area contributed by atoms with Gasteiger partial charge in [0.25, 0.3) is 0 Å². The summed E-state index contributed by atoms with van der Waals surface area (Å²) in [6.45, 7) is 0. The molecule has 1 aromatic heterocycles. The number of halogens is 4. The normalized spacial score (nSPS) is 11.6. The fourth-order valence-electron chi connectivity index (χ4n) is 1.51. The highest BCUT2D eigenvalue weighted by molar-refractivity contribution is 7.80. The van der Waals surface area contributed by atoms with E-state index in [0.717, 1.165) is 10.7 Å². The molecule has 2 N–H and O–H groups in total. The van der Waals surface area contributed by atoms with E-state index in [1.54, 1.807) is 6.07 Å². The maximum atomic E-state index is 12.5. The van der Waals surface area contributed by atoms with Crippen LogP contribution < -0.4 is 5.73 Å². The summed E-state index contributed by atoms with van der Waals surface area (Å²) in [5.41, 5.74) is 5.22. The summed E-state index contributed by atoms with van der Waals surface area (Å²) in [5.74, 6) is 0. The summed E-state index contributed by atoms with van der Waals surface area (Å²) in [7, 11) is 0. The number of aromatic nitrogens is 2. The van der Waals surface area contributed by atoms with E-state index in [2.05, 4.69) is 5.10 Å². The molecule has 0 saturated heterocycles. The fourth-order valence-corrected chi connectivity index (χ4v) is 1.85. The maximum Gasteiger partial charge on any atom is 0.435 e. The van der Waals surface area contributed by atoms with Crippen LogP contribution in [-0.4, -0.2) is 14.8 Å². The molecule has 3 nitrogen and oxygen atoms in total. The minimum atomic E-state index is -4.51. The van der Waals surface area contributed by atoms with Crippen LogP contribution in [-0.2, 0) is 6.18 Å². The summed E-state index contributed by atoms with van der Waals surface area (Å²) in [4.78, 5) is 0.0516. The molecule has 100 valence electrons. The van der Waals surface area contributed by atoms with Gasteiger partial charge in [-0.05, 0) is 24.3 Å². The van der Waals surface area contributed by atoms with Crippen LogP contribution in [0.2, 0.25) is 5.02 Å². The number of alkyl halides is 3. The molecule has 0 aliphatic heterocycles. The van der Waals surface area contributed by atoms with Crippen molar-refractivity contribution in [1.82, 2.24) is 9.78 Å². The predicted octanol–water partition coefficient (Wildman–Crippen LogP) is 3.18. The van der Waals surface area contributed by atoms with Crippen molar-refractivity contribution in [3.8, 4) is 5.69 Å². The smallest absolute Gasteiger partial charge is 0.389 e. The first-order chi connectivity index (χ1) is 8.79. The van der Waals surface area contributed by atoms with Crippen LogP contribution in [0.25, 0.3) is 5.69 Å². The molecule has 0 unspecified atom stereocenters. The molecule has 19 heavy (non-hydrogen) atoms. The lowest BCUT2D eigenvalue weighted by Crippen LogP contribution is -2.14. The molecular weight excluding hydrogens is 299 g/mol. The van der Waals surface area contributed by atoms with Crippen LogP contribution in [0.1, 0.15) is 11.3 Å². The predicted molar refractivity (Wildman–Crippen MR) is 69.5 cm³/mol. The van der Waals surface area contributed by atoms with Gasteiger partial charge in [-0.2, -0.15) is 18.3 Å². The van der Waals surface area contributed by atoms with E-state index in [1.165, 1.54) is 18.3 Å². The van der Waals surface area contributed by atoms with Crippen molar-refractivity contribution >= 4 is 28.8 Å². The van der Waals surface area contributed by atoms with E-state index in [9.17, 15) is 13.2 Å². The lowest BCUT2D eigenvalue weighted by molar-refractivity contribution is -0.141. The van der Waals surface area contributed by atoms with Crippen LogP contribution in [0, 0.1) is 0 Å². The van der Waals surface area contributed by atoms with E-state index >= 15 is 0 Å². The minimum absolute atomic E-state index is 0.0516. The molecule has 2 aromatic rings. The second-order valence-electron chi connectivity index (χ2n) is 3.67. The van der Waals surface area contributed by atoms with E-state index in [0.29, 0.717) is 16.3 Å². The highest BCUT2D eigenvalue weighted by Gasteiger charge is 2.33. The lowest BCUT2D eigenvalue weighted by Gasteiger charge is -2.09. The average molecular weight is 306 g/mol. The van der Waals surface area contributed by atoms with Crippen molar-refractivity contribution in [3.63, 3.8) is 0 Å². The van der Waals surface area contributed by atoms with Gasteiger partial charge in [0.2, 0.25) is 0 Å². The summed E-state index contributed by atoms with van der Waals surface area (Å²) in [6, 6.07) is 5.40. The molecule has 0 aliphatic carbocycles. The van der Waals surface area contributed by atoms with Crippen LogP contribution in [0.5, 0.6) is 0 Å². The second-order valence-corrected chi connectivity index (χ2v) is 4.55. The topological polar surface area (TPSA) is 43.8 Å². The summed E-state index contributed by atoms with van der Waals surface area (Å²) < 4.78 is 38.6. The molecule has 1 aromatic carbocycles. The number of nitrogens with two attached hydrogens (primary N) is 1. The molecule has 0 bridgehead atoms. The van der Waals surface area contributed by atoms with Gasteiger partial charge in [-0.3, -0.25) is 0 Å². The fraction of sp³-hybridized carbons (Fsp3) is 0.0909. The van der Waals surface area contributed by atoms with Gasteiger partial charge in [-0.1, -0.05) is 23.8 Å². The van der Waals surface area contributed by atoms with Crippen LogP contribution in [0.4, 0.5) is 13.2 Å². The van der Waals surface area contributed by atoms with Gasteiger partial charge in [0.15, 0.2) is 5.69 Å². The van der Waals surface area contributed by atoms with Gasteiger partial charge in [0.1, 0.15) is 4.99 Å². The van der Waals surface area contributed by atoms with E-state index in [4.69, 9.17) is 29.6 Å². The summed E-state index contributed by atoms with van der Waals surface area (Å²) >= 11 is 10.7. The van der Waals surface area contributed by atoms with Crippen molar-refractivity contribution in [2.24, 2.45) is 5.73 Å². The third-order valence-electron chi connectivity index (χ3n) is 2.35. The van der Waals surface area contributed by atoms with Crippen LogP contribution in [0.15, 0.2) is 30.5 Å². The molecule has 2 rings (SSSR count). The van der Waals surface area contributed by atoms with Crippen molar-refractivity contribution in [3.05, 3.63) is 46.7 Å². The number of thiocarbonyl (C=S) groups is 1. The maximum absolute atomic E-state index is 12.5. The Labute approximate surface area is 116 Å². The Morgan fingerprint density at radius 2 is 2.00 bits per heavy atom. The largest absolute Gasteiger partial charge is 0.435 e. The first kappa shape index (κ1) is 13.8. The number of hydrogen-bond donors (Lipinski definition) is 1. The van der Waals surface area contributed by atoms with Gasteiger partial charge < -0.3 is 5.73 Å². The molecule has 8 heteroatoms. The van der Waals surface area contributed by atoms with Crippen molar-refractivity contribution < 1.29 is 13.2 Å². The SMILES string of the molecule is NC(=S)c1ccc(Cl)cc1-n1ccc(C(F)(F)F)n1. The zero-order valence-corrected chi connectivity index (χ0v) is 10.9. The quantitative estimate of drug-likeness (QED) is 0.867. The Morgan fingerprint density at radius 1 is 1.32 bits per heavy atom. The molecule has 0 spiro atoms. The van der Waals surface area contributed by atoms with Gasteiger partial charge in [-0.15, -0.1) is 0 Å². The van der Waals surface area contributed by atoms with E-state index in [-0.39, 0.29) is 4.99 Å². The third kappa shape index (κ3) is 2.87. The van der Waals surface area contributed by atoms with E-state index < -0.39 is 11.9 Å². The van der Waals surface area contributed by atoms with Crippen LogP contribution in [0.3, 0.4) is 0 Å². The molecule has 0 saturated carbocycles. The van der Waals surface area contributed by atoms with E-state index in [1.807, 2.05) is 0 Å². The zero-order chi connectivity index (χ0) is 14.2. The highest BCUT2D eigenvalue weighted by Crippen LogP contribution is 2.28. The summed E-state index contributed by atoms with van der Waals surface area (Å²) in [6.07, 6.45) is -3.33. The minimum Gasteiger partial charge on any atom is -0.389 e. The third-order valence-corrected chi connectivity index (χ3v) is 2.81. The number of nitrogens with zero attached hydrogens (tertiary/aromatic N) is 2. The number of benzene rings is 1. The van der Waals surface area contributed by atoms with Crippen molar-refractivity contribution in [2.45, 2.75) is 6.18 Å². The number of rotatable bonds is 2. The zero-order valence-electron chi connectivity index (χ0n) is 9.28. The van der Waals surface area contributed by atoms with Gasteiger partial charge in [0.05, 0.1) is 5.69 Å². The Balaban J connectivity index is 2.55. The molecule has 1 heterocycles. The van der Waals surface area contributed by atoms with Crippen molar-refractivity contribution in [2.75, 3.05) is 0 Å². The van der Waals surface area contributed by atoms with Gasteiger partial charge in [0, 0.05) is 16.8 Å². The Bertz CT molecular complexity index is 636. The average Bonchev–Trinajstić information content (AvgIpc) is 2.77. The highest BCUT2D eigenvalue weighted by atomic mass is 35.5. The van der Waals surface area contributed by atoms with Gasteiger partial charge >= 0.3 is 6.18 Å². The first-order valence-corrected chi connectivity index (χ1v) is 5.80. The van der Waals surface area contributed by atoms with Gasteiger partial charge in [-0.25, -0.2) is 4.68 Å². The van der Waals surface area contributed by atoms with Crippen molar-refractivity contribution in [1.29, 1.82) is 0 Å². The standard InChI is InChI=1S/C11H7ClF3N3S/c12-6-1-2-7(10(16)19)8(5-6)18-4-3-9(17-18)11(13,14)15/h1-5H,(H2,16,19).